The van der Waals surface area contributed by atoms with Crippen molar-refractivity contribution in [2.45, 2.75) is 6.92 Å². The van der Waals surface area contributed by atoms with Crippen LogP contribution < -0.4 is 11.1 Å². The molecule has 0 aliphatic rings. The maximum absolute atomic E-state index is 10.8. The van der Waals surface area contributed by atoms with Crippen molar-refractivity contribution in [2.75, 3.05) is 11.1 Å². The molecule has 0 fully saturated rings. The Morgan fingerprint density at radius 2 is 1.30 bits per heavy atom. The summed E-state index contributed by atoms with van der Waals surface area (Å²) in [6.45, 7) is 1.28. The molecule has 7 nitrogen and oxygen atoms in total. The van der Waals surface area contributed by atoms with Gasteiger partial charge in [0.15, 0.2) is 0 Å². The number of nitrogens with two attached hydrogens (primary N) is 1. The molecule has 27 heavy (non-hydrogen) atoms. The summed E-state index contributed by atoms with van der Waals surface area (Å²) in [6, 6.07) is 5.34. The lowest BCUT2D eigenvalue weighted by Crippen LogP contribution is -2.09. The van der Waals surface area contributed by atoms with E-state index in [9.17, 15) is 14.4 Å². The highest BCUT2D eigenvalue weighted by Gasteiger charge is 2.16. The molecule has 0 aliphatic carbocycles. The molecule has 0 spiro atoms. The van der Waals surface area contributed by atoms with Crippen LogP contribution in [0.1, 0.15) is 27.6 Å². The number of carboxylic acid groups (broad SMARTS) is 2. The first kappa shape index (κ1) is 22.9. The van der Waals surface area contributed by atoms with Gasteiger partial charge in [0.2, 0.25) is 5.91 Å². The number of hydrogen-bond donors (Lipinski definition) is 4. The summed E-state index contributed by atoms with van der Waals surface area (Å²) in [6.07, 6.45) is 0. The van der Waals surface area contributed by atoms with Crippen molar-refractivity contribution < 1.29 is 24.6 Å². The molecule has 0 bridgehead atoms. The number of carbonyl (C=O) groups is 3. The number of nitrogen functional groups attached to an aromatic ring is 1. The lowest BCUT2D eigenvalue weighted by molar-refractivity contribution is -0.114. The summed E-state index contributed by atoms with van der Waals surface area (Å²) < 4.78 is 0. The van der Waals surface area contributed by atoms with Crippen LogP contribution in [0.4, 0.5) is 11.4 Å². The zero-order valence-electron chi connectivity index (χ0n) is 13.5. The minimum Gasteiger partial charge on any atom is -0.478 e. The van der Waals surface area contributed by atoms with Gasteiger partial charge in [-0.15, -0.1) is 0 Å². The van der Waals surface area contributed by atoms with Crippen LogP contribution in [-0.2, 0) is 4.79 Å². The van der Waals surface area contributed by atoms with Gasteiger partial charge in [-0.25, -0.2) is 9.59 Å². The SMILES string of the molecule is CC(=O)Nc1c(Cl)ccc(C(=O)O)c1Cl.Nc1c(Cl)ccc(C(=O)O)c1Cl. The van der Waals surface area contributed by atoms with Gasteiger partial charge >= 0.3 is 11.9 Å². The monoisotopic (exact) mass is 452 g/mol. The standard InChI is InChI=1S/C9H7Cl2NO3.C7H5Cl2NO2/c1-4(13)12-8-6(10)3-2-5(7(8)11)9(14)15;8-4-2-1-3(7(11)12)5(9)6(4)10/h2-3H,1H3,(H,12,13)(H,14,15);1-2H,10H2,(H,11,12). The van der Waals surface area contributed by atoms with Crippen molar-refractivity contribution in [3.8, 4) is 0 Å². The number of hydrogen-bond acceptors (Lipinski definition) is 4. The molecule has 2 aromatic rings. The number of rotatable bonds is 3. The molecule has 144 valence electrons. The van der Waals surface area contributed by atoms with E-state index in [4.69, 9.17) is 62.4 Å². The molecular formula is C16H12Cl4N2O5. The van der Waals surface area contributed by atoms with Crippen molar-refractivity contribution in [3.63, 3.8) is 0 Å². The Kier molecular flexibility index (Phi) is 8.18. The van der Waals surface area contributed by atoms with E-state index in [1.165, 1.54) is 31.2 Å². The van der Waals surface area contributed by atoms with E-state index in [0.29, 0.717) is 0 Å². The van der Waals surface area contributed by atoms with Gasteiger partial charge in [0.25, 0.3) is 0 Å². The number of anilines is 2. The molecule has 1 amide bonds. The Balaban J connectivity index is 0.000000277. The van der Waals surface area contributed by atoms with Crippen LogP contribution in [0.25, 0.3) is 0 Å². The predicted octanol–water partition coefficient (Wildman–Crippen LogP) is 4.92. The van der Waals surface area contributed by atoms with Gasteiger partial charge in [0.05, 0.1) is 42.6 Å². The molecule has 0 heterocycles. The maximum atomic E-state index is 10.8. The third-order valence-electron chi connectivity index (χ3n) is 2.98. The fourth-order valence-corrected chi connectivity index (χ4v) is 2.74. The second kappa shape index (κ2) is 9.66. The van der Waals surface area contributed by atoms with Crippen molar-refractivity contribution >= 4 is 75.6 Å². The molecule has 0 saturated heterocycles. The predicted molar refractivity (Wildman–Crippen MR) is 106 cm³/mol. The van der Waals surface area contributed by atoms with E-state index in [0.717, 1.165) is 0 Å². The zero-order valence-corrected chi connectivity index (χ0v) is 16.5. The molecule has 11 heteroatoms. The molecule has 0 atom stereocenters. The molecule has 0 unspecified atom stereocenters. The number of aromatic carboxylic acids is 2. The van der Waals surface area contributed by atoms with E-state index in [1.54, 1.807) is 0 Å². The van der Waals surface area contributed by atoms with Crippen molar-refractivity contribution in [1.82, 2.24) is 0 Å². The van der Waals surface area contributed by atoms with Crippen molar-refractivity contribution in [2.24, 2.45) is 0 Å². The van der Waals surface area contributed by atoms with Crippen LogP contribution in [0.15, 0.2) is 24.3 Å². The molecular weight excluding hydrogens is 442 g/mol. The Labute approximate surface area is 173 Å². The normalized spacial score (nSPS) is 9.81. The van der Waals surface area contributed by atoms with Gasteiger partial charge in [-0.1, -0.05) is 46.4 Å². The number of carbonyl (C=O) groups excluding carboxylic acids is 1. The summed E-state index contributed by atoms with van der Waals surface area (Å²) >= 11 is 22.7. The number of nitrogens with one attached hydrogen (secondary N) is 1. The maximum Gasteiger partial charge on any atom is 0.337 e. The first-order valence-corrected chi connectivity index (χ1v) is 8.44. The highest BCUT2D eigenvalue weighted by Crippen LogP contribution is 2.33. The molecule has 0 saturated carbocycles. The van der Waals surface area contributed by atoms with E-state index in [2.05, 4.69) is 5.32 Å². The number of carboxylic acids is 2. The molecule has 2 aromatic carbocycles. The quantitative estimate of drug-likeness (QED) is 0.487. The minimum absolute atomic E-state index is 0.0185. The summed E-state index contributed by atoms with van der Waals surface area (Å²) in [4.78, 5) is 32.1. The fourth-order valence-electron chi connectivity index (χ4n) is 1.74. The van der Waals surface area contributed by atoms with Crippen LogP contribution in [0, 0.1) is 0 Å². The third kappa shape index (κ3) is 5.90. The van der Waals surface area contributed by atoms with Gasteiger partial charge in [-0.2, -0.15) is 0 Å². The summed E-state index contributed by atoms with van der Waals surface area (Å²) in [5.41, 5.74) is 5.46. The third-order valence-corrected chi connectivity index (χ3v) is 4.42. The Morgan fingerprint density at radius 3 is 1.74 bits per heavy atom. The van der Waals surface area contributed by atoms with Gasteiger partial charge < -0.3 is 21.3 Å². The smallest absolute Gasteiger partial charge is 0.337 e. The van der Waals surface area contributed by atoms with E-state index >= 15 is 0 Å². The highest BCUT2D eigenvalue weighted by atomic mass is 35.5. The van der Waals surface area contributed by atoms with E-state index in [1.807, 2.05) is 0 Å². The fraction of sp³-hybridized carbons (Fsp3) is 0.0625. The molecule has 0 aromatic heterocycles. The van der Waals surface area contributed by atoms with Gasteiger partial charge in [-0.05, 0) is 24.3 Å². The average Bonchev–Trinajstić information content (AvgIpc) is 2.56. The lowest BCUT2D eigenvalue weighted by Gasteiger charge is -2.09. The van der Waals surface area contributed by atoms with Crippen LogP contribution in [0.3, 0.4) is 0 Å². The van der Waals surface area contributed by atoms with Crippen LogP contribution in [-0.4, -0.2) is 28.1 Å². The summed E-state index contributed by atoms with van der Waals surface area (Å²) in [5.74, 6) is -2.67. The van der Waals surface area contributed by atoms with Crippen LogP contribution >= 0.6 is 46.4 Å². The molecule has 0 radical (unpaired) electrons. The first-order valence-electron chi connectivity index (χ1n) is 6.93. The number of benzene rings is 2. The minimum atomic E-state index is -1.18. The van der Waals surface area contributed by atoms with E-state index < -0.39 is 11.9 Å². The van der Waals surface area contributed by atoms with Gasteiger partial charge in [0.1, 0.15) is 0 Å². The Morgan fingerprint density at radius 1 is 0.852 bits per heavy atom. The first-order chi connectivity index (χ1) is 12.5. The zero-order chi connectivity index (χ0) is 20.9. The van der Waals surface area contributed by atoms with Crippen molar-refractivity contribution in [3.05, 3.63) is 55.5 Å². The topological polar surface area (TPSA) is 130 Å². The van der Waals surface area contributed by atoms with Crippen LogP contribution in [0.5, 0.6) is 0 Å². The number of amides is 1. The lowest BCUT2D eigenvalue weighted by atomic mass is 10.2. The molecule has 0 aliphatic heterocycles. The molecule has 5 N–H and O–H groups in total. The average molecular weight is 454 g/mol. The molecule has 2 rings (SSSR count). The van der Waals surface area contributed by atoms with Gasteiger partial charge in [0, 0.05) is 6.92 Å². The van der Waals surface area contributed by atoms with Crippen LogP contribution in [0.2, 0.25) is 20.1 Å². The Hall–Kier alpha value is -2.19. The largest absolute Gasteiger partial charge is 0.478 e. The van der Waals surface area contributed by atoms with Gasteiger partial charge in [-0.3, -0.25) is 4.79 Å². The highest BCUT2D eigenvalue weighted by molar-refractivity contribution is 6.41. The second-order valence-corrected chi connectivity index (χ2v) is 6.47. The van der Waals surface area contributed by atoms with Crippen molar-refractivity contribution in [1.29, 1.82) is 0 Å². The second-order valence-electron chi connectivity index (χ2n) is 4.90. The number of halogens is 4. The Bertz CT molecular complexity index is 918. The summed E-state index contributed by atoms with van der Waals surface area (Å²) in [7, 11) is 0. The summed E-state index contributed by atoms with van der Waals surface area (Å²) in [5, 5.41) is 20.1. The van der Waals surface area contributed by atoms with E-state index in [-0.39, 0.29) is 48.5 Å².